The lowest BCUT2D eigenvalue weighted by molar-refractivity contribution is -0.117. The average Bonchev–Trinajstić information content (AvgIpc) is 3.28. The summed E-state index contributed by atoms with van der Waals surface area (Å²) in [5, 5.41) is 5.07. The fourth-order valence-electron chi connectivity index (χ4n) is 4.10. The van der Waals surface area contributed by atoms with Crippen LogP contribution in [0, 0.1) is 5.82 Å². The predicted octanol–water partition coefficient (Wildman–Crippen LogP) is 4.11. The molecule has 7 nitrogen and oxygen atoms in total. The minimum absolute atomic E-state index is 0.191. The number of benzene rings is 2. The molecule has 0 spiro atoms. The van der Waals surface area contributed by atoms with E-state index in [-0.39, 0.29) is 23.8 Å². The number of ether oxygens (including phenoxy) is 2. The Morgan fingerprint density at radius 1 is 1.03 bits per heavy atom. The number of piperazine rings is 1. The van der Waals surface area contributed by atoms with Crippen molar-refractivity contribution in [1.82, 2.24) is 9.80 Å². The van der Waals surface area contributed by atoms with E-state index in [9.17, 15) is 14.0 Å². The topological polar surface area (TPSA) is 71.1 Å². The Labute approximate surface area is 208 Å². The molecule has 1 saturated heterocycles. The van der Waals surface area contributed by atoms with Gasteiger partial charge in [0, 0.05) is 43.7 Å². The van der Waals surface area contributed by atoms with Crippen LogP contribution in [-0.2, 0) is 16.1 Å². The number of carbonyl (C=O) groups excluding carboxylic acids is 2. The second-order valence-corrected chi connectivity index (χ2v) is 9.18. The molecule has 0 saturated carbocycles. The van der Waals surface area contributed by atoms with E-state index in [4.69, 9.17) is 9.47 Å². The van der Waals surface area contributed by atoms with Crippen LogP contribution in [0.5, 0.6) is 5.75 Å². The Morgan fingerprint density at radius 2 is 1.74 bits per heavy atom. The van der Waals surface area contributed by atoms with Gasteiger partial charge in [0.15, 0.2) is 0 Å². The molecule has 4 rings (SSSR count). The summed E-state index contributed by atoms with van der Waals surface area (Å²) in [4.78, 5) is 29.7. The first-order chi connectivity index (χ1) is 17.0. The van der Waals surface area contributed by atoms with Crippen molar-refractivity contribution >= 4 is 28.2 Å². The highest BCUT2D eigenvalue weighted by atomic mass is 32.1. The van der Waals surface area contributed by atoms with Crippen LogP contribution >= 0.6 is 11.3 Å². The van der Waals surface area contributed by atoms with Crippen LogP contribution in [0.15, 0.2) is 53.9 Å². The van der Waals surface area contributed by atoms with Crippen molar-refractivity contribution in [3.8, 4) is 16.9 Å². The van der Waals surface area contributed by atoms with Gasteiger partial charge in [0.25, 0.3) is 0 Å². The number of amides is 1. The van der Waals surface area contributed by atoms with Gasteiger partial charge in [-0.05, 0) is 35.4 Å². The number of rotatable bonds is 8. The van der Waals surface area contributed by atoms with Gasteiger partial charge in [0.2, 0.25) is 5.91 Å². The molecule has 1 aromatic heterocycles. The van der Waals surface area contributed by atoms with Gasteiger partial charge in [0.1, 0.15) is 22.1 Å². The molecule has 3 aromatic rings. The molecule has 0 unspecified atom stereocenters. The van der Waals surface area contributed by atoms with E-state index in [1.54, 1.807) is 24.6 Å². The van der Waals surface area contributed by atoms with Gasteiger partial charge in [-0.25, -0.2) is 9.18 Å². The largest absolute Gasteiger partial charge is 0.497 e. The molecule has 0 radical (unpaired) electrons. The Hall–Kier alpha value is -3.27. The van der Waals surface area contributed by atoms with E-state index in [0.29, 0.717) is 16.1 Å². The molecule has 1 amide bonds. The normalized spacial score (nSPS) is 14.5. The third-order valence-corrected chi connectivity index (χ3v) is 6.86. The Kier molecular flexibility index (Phi) is 8.12. The highest BCUT2D eigenvalue weighted by Crippen LogP contribution is 2.36. The monoisotopic (exact) mass is 497 g/mol. The predicted molar refractivity (Wildman–Crippen MR) is 134 cm³/mol. The van der Waals surface area contributed by atoms with Crippen LogP contribution in [0.1, 0.15) is 15.9 Å². The van der Waals surface area contributed by atoms with Gasteiger partial charge in [-0.15, -0.1) is 11.3 Å². The van der Waals surface area contributed by atoms with Crippen LogP contribution in [0.25, 0.3) is 11.1 Å². The van der Waals surface area contributed by atoms with Crippen LogP contribution < -0.4 is 10.1 Å². The maximum absolute atomic E-state index is 13.3. The van der Waals surface area contributed by atoms with Gasteiger partial charge in [0.05, 0.1) is 20.8 Å². The van der Waals surface area contributed by atoms with Gasteiger partial charge in [-0.1, -0.05) is 24.3 Å². The van der Waals surface area contributed by atoms with Crippen molar-refractivity contribution in [3.63, 3.8) is 0 Å². The molecule has 0 bridgehead atoms. The molecule has 1 N–H and O–H groups in total. The molecular formula is C26H28FN3O4S. The van der Waals surface area contributed by atoms with Crippen molar-refractivity contribution in [2.75, 3.05) is 52.3 Å². The molecule has 0 atom stereocenters. The third-order valence-electron chi connectivity index (χ3n) is 5.96. The first-order valence-corrected chi connectivity index (χ1v) is 12.2. The van der Waals surface area contributed by atoms with E-state index in [2.05, 4.69) is 21.2 Å². The highest BCUT2D eigenvalue weighted by molar-refractivity contribution is 7.15. The fourth-order valence-corrected chi connectivity index (χ4v) is 5.07. The molecule has 2 heterocycles. The van der Waals surface area contributed by atoms with Crippen LogP contribution in [0.4, 0.5) is 9.39 Å². The van der Waals surface area contributed by atoms with E-state index in [0.717, 1.165) is 38.5 Å². The summed E-state index contributed by atoms with van der Waals surface area (Å²) in [6, 6.07) is 13.9. The number of anilines is 1. The summed E-state index contributed by atoms with van der Waals surface area (Å²) in [5.74, 6) is -0.253. The molecule has 9 heteroatoms. The number of nitrogens with zero attached hydrogens (tertiary/aromatic N) is 2. The number of carbonyl (C=O) groups is 2. The summed E-state index contributed by atoms with van der Waals surface area (Å²) < 4.78 is 23.6. The lowest BCUT2D eigenvalue weighted by atomic mass is 10.0. The number of nitrogens with one attached hydrogen (secondary N) is 1. The Bertz CT molecular complexity index is 1170. The highest BCUT2D eigenvalue weighted by Gasteiger charge is 2.24. The maximum Gasteiger partial charge on any atom is 0.341 e. The number of hydrogen-bond donors (Lipinski definition) is 1. The fraction of sp³-hybridized carbons (Fsp3) is 0.308. The summed E-state index contributed by atoms with van der Waals surface area (Å²) >= 11 is 1.25. The summed E-state index contributed by atoms with van der Waals surface area (Å²) in [6.45, 7) is 4.31. The molecule has 2 aromatic carbocycles. The first kappa shape index (κ1) is 24.8. The van der Waals surface area contributed by atoms with Crippen molar-refractivity contribution < 1.29 is 23.5 Å². The molecule has 1 aliphatic heterocycles. The average molecular weight is 498 g/mol. The Balaban J connectivity index is 1.35. The van der Waals surface area contributed by atoms with E-state index in [1.165, 1.54) is 36.1 Å². The molecular weight excluding hydrogens is 469 g/mol. The van der Waals surface area contributed by atoms with Crippen molar-refractivity contribution in [1.29, 1.82) is 0 Å². The van der Waals surface area contributed by atoms with Crippen LogP contribution in [0.2, 0.25) is 0 Å². The van der Waals surface area contributed by atoms with Crippen LogP contribution in [0.3, 0.4) is 0 Å². The zero-order valence-electron chi connectivity index (χ0n) is 19.8. The van der Waals surface area contributed by atoms with Gasteiger partial charge < -0.3 is 14.8 Å². The van der Waals surface area contributed by atoms with E-state index >= 15 is 0 Å². The lowest BCUT2D eigenvalue weighted by Gasteiger charge is -2.34. The zero-order chi connectivity index (χ0) is 24.8. The van der Waals surface area contributed by atoms with Crippen molar-refractivity contribution in [2.24, 2.45) is 0 Å². The maximum atomic E-state index is 13.3. The molecule has 35 heavy (non-hydrogen) atoms. The van der Waals surface area contributed by atoms with E-state index < -0.39 is 5.97 Å². The van der Waals surface area contributed by atoms with Crippen molar-refractivity contribution in [3.05, 3.63) is 70.9 Å². The van der Waals surface area contributed by atoms with Gasteiger partial charge in [-0.2, -0.15) is 0 Å². The number of thiophene rings is 1. The second-order valence-electron chi connectivity index (χ2n) is 8.30. The molecule has 1 aliphatic rings. The van der Waals surface area contributed by atoms with Gasteiger partial charge in [-0.3, -0.25) is 14.6 Å². The SMILES string of the molecule is COC(=O)c1c(-c2ccc(F)cc2)csc1NC(=O)CN1CCN(Cc2cccc(OC)c2)CC1. The number of methoxy groups -OCH3 is 2. The first-order valence-electron chi connectivity index (χ1n) is 11.3. The number of esters is 1. The summed E-state index contributed by atoms with van der Waals surface area (Å²) in [7, 11) is 2.96. The Morgan fingerprint density at radius 3 is 2.43 bits per heavy atom. The lowest BCUT2D eigenvalue weighted by Crippen LogP contribution is -2.48. The van der Waals surface area contributed by atoms with Gasteiger partial charge >= 0.3 is 5.97 Å². The number of halogens is 1. The standard InChI is InChI=1S/C26H28FN3O4S/c1-33-21-5-3-4-18(14-21)15-29-10-12-30(13-11-29)16-23(31)28-25-24(26(32)34-2)22(17-35-25)19-6-8-20(27)9-7-19/h3-9,14,17H,10-13,15-16H2,1-2H3,(H,28,31). The molecule has 1 fully saturated rings. The molecule has 184 valence electrons. The van der Waals surface area contributed by atoms with E-state index in [1.807, 2.05) is 18.2 Å². The minimum atomic E-state index is -0.549. The second kappa shape index (κ2) is 11.4. The molecule has 0 aliphatic carbocycles. The third kappa shape index (κ3) is 6.25. The smallest absolute Gasteiger partial charge is 0.341 e. The summed E-state index contributed by atoms with van der Waals surface area (Å²) in [5.41, 5.74) is 2.75. The summed E-state index contributed by atoms with van der Waals surface area (Å²) in [6.07, 6.45) is 0. The quantitative estimate of drug-likeness (QED) is 0.473. The van der Waals surface area contributed by atoms with Crippen LogP contribution in [-0.4, -0.2) is 68.6 Å². The minimum Gasteiger partial charge on any atom is -0.497 e. The van der Waals surface area contributed by atoms with Crippen molar-refractivity contribution in [2.45, 2.75) is 6.54 Å². The number of hydrogen-bond acceptors (Lipinski definition) is 7. The zero-order valence-corrected chi connectivity index (χ0v) is 20.6.